The summed E-state index contributed by atoms with van der Waals surface area (Å²) in [5.74, 6) is -4.20. The number of nitrogens with one attached hydrogen (secondary N) is 1. The summed E-state index contributed by atoms with van der Waals surface area (Å²) >= 11 is 0. The molecule has 3 aromatic carbocycles. The number of rotatable bonds is 8. The first-order valence-electron chi connectivity index (χ1n) is 10.5. The van der Waals surface area contributed by atoms with Crippen molar-refractivity contribution in [1.82, 2.24) is 5.32 Å². The maximum atomic E-state index is 13.9. The van der Waals surface area contributed by atoms with E-state index in [0.29, 0.717) is 29.9 Å². The van der Waals surface area contributed by atoms with Gasteiger partial charge in [-0.05, 0) is 49.2 Å². The number of halogens is 4. The van der Waals surface area contributed by atoms with E-state index in [9.17, 15) is 27.2 Å². The summed E-state index contributed by atoms with van der Waals surface area (Å²) in [6.45, 7) is 3.38. The Labute approximate surface area is 195 Å². The van der Waals surface area contributed by atoms with Crippen molar-refractivity contribution in [2.75, 3.05) is 11.9 Å². The number of nitrogens with zero attached hydrogens (tertiary/aromatic N) is 1. The molecule has 178 valence electrons. The van der Waals surface area contributed by atoms with Gasteiger partial charge in [0.1, 0.15) is 29.6 Å². The van der Waals surface area contributed by atoms with Crippen LogP contribution in [0.5, 0.6) is 0 Å². The molecule has 34 heavy (non-hydrogen) atoms. The monoisotopic (exact) mass is 472 g/mol. The number of anilines is 1. The van der Waals surface area contributed by atoms with Crippen LogP contribution >= 0.6 is 0 Å². The van der Waals surface area contributed by atoms with Gasteiger partial charge in [0, 0.05) is 54.5 Å². The summed E-state index contributed by atoms with van der Waals surface area (Å²) in [5.41, 5.74) is 0.960. The van der Waals surface area contributed by atoms with Gasteiger partial charge in [0.2, 0.25) is 0 Å². The highest BCUT2D eigenvalue weighted by atomic mass is 19.1. The van der Waals surface area contributed by atoms with Crippen LogP contribution in [0.4, 0.5) is 23.2 Å². The van der Waals surface area contributed by atoms with E-state index in [1.807, 2.05) is 4.90 Å². The molecule has 0 spiro atoms. The molecule has 1 amide bonds. The van der Waals surface area contributed by atoms with Gasteiger partial charge < -0.3 is 15.0 Å². The predicted molar refractivity (Wildman–Crippen MR) is 122 cm³/mol. The zero-order valence-corrected chi connectivity index (χ0v) is 19.0. The predicted octanol–water partition coefficient (Wildman–Crippen LogP) is 5.29. The van der Waals surface area contributed by atoms with Crippen LogP contribution in [0.3, 0.4) is 0 Å². The maximum Gasteiger partial charge on any atom is 0.251 e. The number of aldehydes is 1. The van der Waals surface area contributed by atoms with E-state index >= 15 is 0 Å². The average Bonchev–Trinajstić information content (AvgIpc) is 2.79. The van der Waals surface area contributed by atoms with E-state index in [1.165, 1.54) is 18.2 Å². The highest BCUT2D eigenvalue weighted by molar-refractivity contribution is 5.95. The zero-order valence-electron chi connectivity index (χ0n) is 19.0. The topological polar surface area (TPSA) is 49.4 Å². The first-order chi connectivity index (χ1) is 16.0. The lowest BCUT2D eigenvalue weighted by Gasteiger charge is -2.28. The van der Waals surface area contributed by atoms with Crippen LogP contribution in [0.25, 0.3) is 0 Å². The lowest BCUT2D eigenvalue weighted by Crippen LogP contribution is -2.28. The zero-order chi connectivity index (χ0) is 25.0. The third-order valence-electron chi connectivity index (χ3n) is 5.52. The Bertz CT molecular complexity index is 1190. The summed E-state index contributed by atoms with van der Waals surface area (Å²) in [6.07, 6.45) is 0.803. The number of carbonyl (C=O) groups is 2. The first-order valence-corrected chi connectivity index (χ1v) is 10.5. The molecule has 1 N–H and O–H groups in total. The molecule has 0 atom stereocenters. The Morgan fingerprint density at radius 2 is 1.56 bits per heavy atom. The van der Waals surface area contributed by atoms with Gasteiger partial charge in [-0.1, -0.05) is 18.2 Å². The van der Waals surface area contributed by atoms with Gasteiger partial charge in [-0.25, -0.2) is 17.6 Å². The van der Waals surface area contributed by atoms with Crippen molar-refractivity contribution < 1.29 is 27.2 Å². The second-order valence-electron chi connectivity index (χ2n) is 8.58. The minimum atomic E-state index is -1.10. The van der Waals surface area contributed by atoms with Crippen LogP contribution in [0.2, 0.25) is 0 Å². The molecule has 0 saturated carbocycles. The molecule has 0 fully saturated rings. The van der Waals surface area contributed by atoms with E-state index < -0.39 is 40.9 Å². The molecule has 0 aliphatic heterocycles. The summed E-state index contributed by atoms with van der Waals surface area (Å²) < 4.78 is 54.2. The number of hydrogen-bond donors (Lipinski definition) is 1. The maximum absolute atomic E-state index is 13.9. The van der Waals surface area contributed by atoms with Crippen molar-refractivity contribution in [3.63, 3.8) is 0 Å². The summed E-state index contributed by atoms with van der Waals surface area (Å²) in [7, 11) is 1.77. The Morgan fingerprint density at radius 3 is 2.15 bits per heavy atom. The van der Waals surface area contributed by atoms with Gasteiger partial charge in [-0.15, -0.1) is 0 Å². The van der Waals surface area contributed by atoms with Crippen LogP contribution in [0, 0.1) is 23.3 Å². The van der Waals surface area contributed by atoms with E-state index in [4.69, 9.17) is 0 Å². The van der Waals surface area contributed by atoms with Gasteiger partial charge in [0.25, 0.3) is 5.91 Å². The van der Waals surface area contributed by atoms with Gasteiger partial charge in [0.15, 0.2) is 0 Å². The van der Waals surface area contributed by atoms with Crippen molar-refractivity contribution in [3.05, 3.63) is 100 Å². The largest absolute Gasteiger partial charge is 0.370 e. The molecule has 0 aromatic heterocycles. The lowest BCUT2D eigenvalue weighted by atomic mass is 9.84. The number of hydrogen-bond acceptors (Lipinski definition) is 3. The minimum Gasteiger partial charge on any atom is -0.370 e. The van der Waals surface area contributed by atoms with Crippen molar-refractivity contribution in [1.29, 1.82) is 0 Å². The molecule has 3 rings (SSSR count). The van der Waals surface area contributed by atoms with Crippen molar-refractivity contribution in [2.45, 2.75) is 32.4 Å². The highest BCUT2D eigenvalue weighted by Crippen LogP contribution is 2.32. The molecule has 4 nitrogen and oxygen atoms in total. The second kappa shape index (κ2) is 10.1. The van der Waals surface area contributed by atoms with Crippen LogP contribution in [-0.2, 0) is 23.3 Å². The van der Waals surface area contributed by atoms with Crippen molar-refractivity contribution >= 4 is 17.9 Å². The molecule has 0 aliphatic carbocycles. The quantitative estimate of drug-likeness (QED) is 0.358. The first kappa shape index (κ1) is 25.0. The standard InChI is InChI=1S/C26H24F4N2O2/c1-26(2,15-33)21-9-6-17(10-24(21)32(3)14-16-4-7-18(27)8-5-16)25(34)31-13-20-22(29)11-19(28)12-23(20)30/h4-12,15H,13-14H2,1-3H3,(H,31,34). The van der Waals surface area contributed by atoms with Crippen LogP contribution in [-0.4, -0.2) is 19.2 Å². The van der Waals surface area contributed by atoms with Crippen molar-refractivity contribution in [2.24, 2.45) is 0 Å². The Balaban J connectivity index is 1.89. The van der Waals surface area contributed by atoms with Crippen LogP contribution < -0.4 is 10.2 Å². The van der Waals surface area contributed by atoms with Crippen LogP contribution in [0.15, 0.2) is 54.6 Å². The minimum absolute atomic E-state index is 0.203. The smallest absolute Gasteiger partial charge is 0.251 e. The van der Waals surface area contributed by atoms with Gasteiger partial charge in [0.05, 0.1) is 0 Å². The molecule has 0 aliphatic rings. The fourth-order valence-corrected chi connectivity index (χ4v) is 3.56. The molecular weight excluding hydrogens is 448 g/mol. The Hall–Kier alpha value is -3.68. The third kappa shape index (κ3) is 5.62. The molecule has 3 aromatic rings. The Morgan fingerprint density at radius 1 is 0.941 bits per heavy atom. The average molecular weight is 472 g/mol. The fourth-order valence-electron chi connectivity index (χ4n) is 3.56. The fraction of sp³-hybridized carbons (Fsp3) is 0.231. The number of carbonyl (C=O) groups excluding carboxylic acids is 2. The molecule has 0 heterocycles. The molecule has 0 bridgehead atoms. The third-order valence-corrected chi connectivity index (χ3v) is 5.52. The molecule has 0 unspecified atom stereocenters. The molecule has 0 saturated heterocycles. The molecule has 0 radical (unpaired) electrons. The normalized spacial score (nSPS) is 11.3. The van der Waals surface area contributed by atoms with E-state index in [1.54, 1.807) is 45.2 Å². The number of amides is 1. The highest BCUT2D eigenvalue weighted by Gasteiger charge is 2.26. The summed E-state index contributed by atoms with van der Waals surface area (Å²) in [4.78, 5) is 26.3. The van der Waals surface area contributed by atoms with Gasteiger partial charge in [-0.3, -0.25) is 4.79 Å². The SMILES string of the molecule is CN(Cc1ccc(F)cc1)c1cc(C(=O)NCc2c(F)cc(F)cc2F)ccc1C(C)(C)C=O. The molecule has 8 heteroatoms. The summed E-state index contributed by atoms with van der Waals surface area (Å²) in [6, 6.07) is 11.8. The van der Waals surface area contributed by atoms with Crippen LogP contribution in [0.1, 0.15) is 40.9 Å². The Kier molecular flexibility index (Phi) is 7.39. The van der Waals surface area contributed by atoms with E-state index in [0.717, 1.165) is 11.8 Å². The lowest BCUT2D eigenvalue weighted by molar-refractivity contribution is -0.111. The number of benzene rings is 3. The van der Waals surface area contributed by atoms with Crippen molar-refractivity contribution in [3.8, 4) is 0 Å². The van der Waals surface area contributed by atoms with Gasteiger partial charge >= 0.3 is 0 Å². The van der Waals surface area contributed by atoms with E-state index in [-0.39, 0.29) is 11.4 Å². The molecular formula is C26H24F4N2O2. The second-order valence-corrected chi connectivity index (χ2v) is 8.58. The summed E-state index contributed by atoms with van der Waals surface area (Å²) in [5, 5.41) is 2.44. The van der Waals surface area contributed by atoms with Gasteiger partial charge in [-0.2, -0.15) is 0 Å². The van der Waals surface area contributed by atoms with E-state index in [2.05, 4.69) is 5.32 Å².